The molecule has 0 saturated heterocycles. The highest BCUT2D eigenvalue weighted by molar-refractivity contribution is 5.57. The molecule has 0 amide bonds. The van der Waals surface area contributed by atoms with Crippen LogP contribution in [0.1, 0.15) is 17.0 Å². The average molecular weight is 213 g/mol. The van der Waals surface area contributed by atoms with Gasteiger partial charge in [-0.2, -0.15) is 5.26 Å². The molecule has 0 fully saturated rings. The van der Waals surface area contributed by atoms with Crippen molar-refractivity contribution in [2.24, 2.45) is 0 Å². The van der Waals surface area contributed by atoms with Gasteiger partial charge in [0.05, 0.1) is 17.8 Å². The zero-order chi connectivity index (χ0) is 11.4. The van der Waals surface area contributed by atoms with E-state index in [1.807, 2.05) is 31.2 Å². The number of nitrogens with one attached hydrogen (secondary N) is 1. The topological polar surface area (TPSA) is 61.9 Å². The SMILES string of the molecule is Cc1cc(CNc2ccccc2C#N)no1. The summed E-state index contributed by atoms with van der Waals surface area (Å²) in [5, 5.41) is 15.9. The monoisotopic (exact) mass is 213 g/mol. The second-order valence-corrected chi connectivity index (χ2v) is 3.44. The minimum Gasteiger partial charge on any atom is -0.378 e. The molecule has 2 aromatic rings. The Morgan fingerprint density at radius 3 is 2.94 bits per heavy atom. The molecule has 0 aliphatic heterocycles. The number of benzene rings is 1. The molecule has 2 rings (SSSR count). The highest BCUT2D eigenvalue weighted by Gasteiger charge is 2.02. The van der Waals surface area contributed by atoms with Crippen LogP contribution in [0.4, 0.5) is 5.69 Å². The first-order chi connectivity index (χ1) is 7.79. The number of nitriles is 1. The molecule has 1 heterocycles. The van der Waals surface area contributed by atoms with Crippen molar-refractivity contribution in [3.63, 3.8) is 0 Å². The van der Waals surface area contributed by atoms with Crippen molar-refractivity contribution in [3.8, 4) is 6.07 Å². The van der Waals surface area contributed by atoms with E-state index in [0.29, 0.717) is 12.1 Å². The maximum Gasteiger partial charge on any atom is 0.133 e. The Hall–Kier alpha value is -2.28. The fraction of sp³-hybridized carbons (Fsp3) is 0.167. The molecule has 80 valence electrons. The molecule has 1 N–H and O–H groups in total. The minimum absolute atomic E-state index is 0.552. The molecule has 4 heteroatoms. The largest absolute Gasteiger partial charge is 0.378 e. The summed E-state index contributed by atoms with van der Waals surface area (Å²) >= 11 is 0. The standard InChI is InChI=1S/C12H11N3O/c1-9-6-11(15-16-9)8-14-12-5-3-2-4-10(12)7-13/h2-6,14H,8H2,1H3. The molecule has 4 nitrogen and oxygen atoms in total. The summed E-state index contributed by atoms with van der Waals surface area (Å²) in [7, 11) is 0. The highest BCUT2D eigenvalue weighted by atomic mass is 16.5. The second kappa shape index (κ2) is 4.49. The maximum absolute atomic E-state index is 8.90. The van der Waals surface area contributed by atoms with E-state index >= 15 is 0 Å². The smallest absolute Gasteiger partial charge is 0.133 e. The molecule has 0 bridgehead atoms. The Kier molecular flexibility index (Phi) is 2.88. The van der Waals surface area contributed by atoms with E-state index in [2.05, 4.69) is 16.5 Å². The number of rotatable bonds is 3. The molecule has 0 radical (unpaired) electrons. The molecule has 0 aliphatic carbocycles. The van der Waals surface area contributed by atoms with Crippen molar-refractivity contribution in [1.82, 2.24) is 5.16 Å². The second-order valence-electron chi connectivity index (χ2n) is 3.44. The van der Waals surface area contributed by atoms with Crippen LogP contribution in [0.25, 0.3) is 0 Å². The van der Waals surface area contributed by atoms with Gasteiger partial charge in [-0.1, -0.05) is 17.3 Å². The molecule has 0 saturated carbocycles. The Morgan fingerprint density at radius 2 is 2.25 bits per heavy atom. The lowest BCUT2D eigenvalue weighted by molar-refractivity contribution is 0.391. The quantitative estimate of drug-likeness (QED) is 0.850. The third-order valence-corrected chi connectivity index (χ3v) is 2.18. The molecule has 0 atom stereocenters. The number of anilines is 1. The van der Waals surface area contributed by atoms with Gasteiger partial charge in [0.25, 0.3) is 0 Å². The van der Waals surface area contributed by atoms with Gasteiger partial charge in [0.1, 0.15) is 17.5 Å². The zero-order valence-corrected chi connectivity index (χ0v) is 8.90. The summed E-state index contributed by atoms with van der Waals surface area (Å²) in [5.74, 6) is 0.783. The minimum atomic E-state index is 0.552. The summed E-state index contributed by atoms with van der Waals surface area (Å²) in [6.45, 7) is 2.40. The normalized spacial score (nSPS) is 9.75. The maximum atomic E-state index is 8.90. The Labute approximate surface area is 93.5 Å². The fourth-order valence-corrected chi connectivity index (χ4v) is 1.42. The van der Waals surface area contributed by atoms with Crippen molar-refractivity contribution >= 4 is 5.69 Å². The predicted molar refractivity (Wildman–Crippen MR) is 59.7 cm³/mol. The lowest BCUT2D eigenvalue weighted by Gasteiger charge is -2.05. The third-order valence-electron chi connectivity index (χ3n) is 2.18. The molecule has 0 aliphatic rings. The first-order valence-corrected chi connectivity index (χ1v) is 4.95. The number of hydrogen-bond donors (Lipinski definition) is 1. The van der Waals surface area contributed by atoms with Gasteiger partial charge >= 0.3 is 0 Å². The molecule has 1 aromatic carbocycles. The van der Waals surface area contributed by atoms with E-state index in [9.17, 15) is 0 Å². The molecule has 0 spiro atoms. The first kappa shape index (κ1) is 10.2. The number of aromatic nitrogens is 1. The van der Waals surface area contributed by atoms with Crippen molar-refractivity contribution in [1.29, 1.82) is 5.26 Å². The van der Waals surface area contributed by atoms with Crippen LogP contribution in [0.3, 0.4) is 0 Å². The number of aryl methyl sites for hydroxylation is 1. The summed E-state index contributed by atoms with van der Waals surface area (Å²) in [6, 6.07) is 11.4. The summed E-state index contributed by atoms with van der Waals surface area (Å²) in [4.78, 5) is 0. The van der Waals surface area contributed by atoms with Crippen LogP contribution in [0.5, 0.6) is 0 Å². The molecule has 0 unspecified atom stereocenters. The van der Waals surface area contributed by atoms with E-state index in [-0.39, 0.29) is 0 Å². The van der Waals surface area contributed by atoms with Crippen molar-refractivity contribution in [3.05, 3.63) is 47.3 Å². The van der Waals surface area contributed by atoms with Gasteiger partial charge in [-0.05, 0) is 19.1 Å². The van der Waals surface area contributed by atoms with E-state index < -0.39 is 0 Å². The lowest BCUT2D eigenvalue weighted by atomic mass is 10.2. The van der Waals surface area contributed by atoms with Crippen LogP contribution in [-0.4, -0.2) is 5.16 Å². The van der Waals surface area contributed by atoms with Gasteiger partial charge in [0, 0.05) is 6.07 Å². The number of hydrogen-bond acceptors (Lipinski definition) is 4. The number of nitrogens with zero attached hydrogens (tertiary/aromatic N) is 2. The van der Waals surface area contributed by atoms with Gasteiger partial charge in [0.2, 0.25) is 0 Å². The van der Waals surface area contributed by atoms with Crippen LogP contribution in [0.2, 0.25) is 0 Å². The van der Waals surface area contributed by atoms with E-state index in [1.54, 1.807) is 6.07 Å². The molecular weight excluding hydrogens is 202 g/mol. The summed E-state index contributed by atoms with van der Waals surface area (Å²) < 4.78 is 4.95. The zero-order valence-electron chi connectivity index (χ0n) is 8.90. The average Bonchev–Trinajstić information content (AvgIpc) is 2.73. The summed E-state index contributed by atoms with van der Waals surface area (Å²) in [6.07, 6.45) is 0. The molecular formula is C12H11N3O. The fourth-order valence-electron chi connectivity index (χ4n) is 1.42. The van der Waals surface area contributed by atoms with E-state index in [4.69, 9.17) is 9.78 Å². The Bertz CT molecular complexity index is 525. The molecule has 1 aromatic heterocycles. The van der Waals surface area contributed by atoms with Gasteiger partial charge in [-0.3, -0.25) is 0 Å². The lowest BCUT2D eigenvalue weighted by Crippen LogP contribution is -2.01. The number of para-hydroxylation sites is 1. The Morgan fingerprint density at radius 1 is 1.44 bits per heavy atom. The van der Waals surface area contributed by atoms with Gasteiger partial charge in [0.15, 0.2) is 0 Å². The van der Waals surface area contributed by atoms with Crippen LogP contribution < -0.4 is 5.32 Å². The van der Waals surface area contributed by atoms with E-state index in [1.165, 1.54) is 0 Å². The Balaban J connectivity index is 2.08. The van der Waals surface area contributed by atoms with Crippen molar-refractivity contribution < 1.29 is 4.52 Å². The van der Waals surface area contributed by atoms with Gasteiger partial charge in [-0.15, -0.1) is 0 Å². The van der Waals surface area contributed by atoms with Gasteiger partial charge in [-0.25, -0.2) is 0 Å². The van der Waals surface area contributed by atoms with Crippen LogP contribution in [0, 0.1) is 18.3 Å². The summed E-state index contributed by atoms with van der Waals surface area (Å²) in [5.41, 5.74) is 2.26. The molecule has 16 heavy (non-hydrogen) atoms. The van der Waals surface area contributed by atoms with Crippen LogP contribution in [0.15, 0.2) is 34.9 Å². The van der Waals surface area contributed by atoms with Gasteiger partial charge < -0.3 is 9.84 Å². The van der Waals surface area contributed by atoms with Crippen molar-refractivity contribution in [2.75, 3.05) is 5.32 Å². The van der Waals surface area contributed by atoms with Crippen LogP contribution in [-0.2, 0) is 6.54 Å². The third kappa shape index (κ3) is 2.20. The first-order valence-electron chi connectivity index (χ1n) is 4.95. The van der Waals surface area contributed by atoms with Crippen molar-refractivity contribution in [2.45, 2.75) is 13.5 Å². The highest BCUT2D eigenvalue weighted by Crippen LogP contribution is 2.14. The predicted octanol–water partition coefficient (Wildman–Crippen LogP) is 2.47. The van der Waals surface area contributed by atoms with E-state index in [0.717, 1.165) is 17.1 Å². The van der Waals surface area contributed by atoms with Crippen LogP contribution >= 0.6 is 0 Å².